The van der Waals surface area contributed by atoms with Crippen LogP contribution in [0.5, 0.6) is 5.75 Å². The number of benzene rings is 1. The summed E-state index contributed by atoms with van der Waals surface area (Å²) in [6, 6.07) is 3.62. The molecule has 0 atom stereocenters. The third-order valence-electron chi connectivity index (χ3n) is 5.47. The van der Waals surface area contributed by atoms with Crippen molar-refractivity contribution in [3.8, 4) is 5.75 Å². The molecule has 4 heteroatoms. The monoisotopic (exact) mass is 364 g/mol. The van der Waals surface area contributed by atoms with Crippen LogP contribution in [0.3, 0.4) is 0 Å². The number of carbonyl (C=O) groups is 1. The van der Waals surface area contributed by atoms with Crippen LogP contribution in [-0.4, -0.2) is 19.4 Å². The molecule has 0 amide bonds. The van der Waals surface area contributed by atoms with Crippen LogP contribution < -0.4 is 4.43 Å². The lowest BCUT2D eigenvalue weighted by Crippen LogP contribution is -2.51. The molecule has 0 saturated carbocycles. The van der Waals surface area contributed by atoms with E-state index in [-0.39, 0.29) is 5.92 Å². The molecule has 0 aromatic heterocycles. The molecule has 142 valence electrons. The van der Waals surface area contributed by atoms with E-state index < -0.39 is 14.3 Å². The van der Waals surface area contributed by atoms with Gasteiger partial charge >= 0.3 is 5.97 Å². The van der Waals surface area contributed by atoms with E-state index in [0.29, 0.717) is 22.2 Å². The van der Waals surface area contributed by atoms with Crippen molar-refractivity contribution in [3.05, 3.63) is 28.8 Å². The summed E-state index contributed by atoms with van der Waals surface area (Å²) in [6.07, 6.45) is 0.780. The molecular weight excluding hydrogens is 328 g/mol. The number of rotatable bonds is 8. The lowest BCUT2D eigenvalue weighted by Gasteiger charge is -2.43. The van der Waals surface area contributed by atoms with Crippen LogP contribution >= 0.6 is 0 Å². The van der Waals surface area contributed by atoms with E-state index in [1.54, 1.807) is 6.07 Å². The minimum Gasteiger partial charge on any atom is -0.542 e. The van der Waals surface area contributed by atoms with Gasteiger partial charge in [-0.25, -0.2) is 4.79 Å². The molecule has 3 nitrogen and oxygen atoms in total. The first-order chi connectivity index (χ1) is 11.5. The topological polar surface area (TPSA) is 46.5 Å². The van der Waals surface area contributed by atoms with Gasteiger partial charge in [0.2, 0.25) is 0 Å². The third kappa shape index (κ3) is 4.10. The molecule has 0 heterocycles. The molecule has 1 N–H and O–H groups in total. The van der Waals surface area contributed by atoms with Crippen molar-refractivity contribution < 1.29 is 14.3 Å². The van der Waals surface area contributed by atoms with Crippen LogP contribution in [0.1, 0.15) is 89.7 Å². The summed E-state index contributed by atoms with van der Waals surface area (Å²) in [5.74, 6) is 0.196. The Morgan fingerprint density at radius 1 is 1.00 bits per heavy atom. The summed E-state index contributed by atoms with van der Waals surface area (Å²) in [5.41, 5.74) is 3.85. The van der Waals surface area contributed by atoms with Crippen molar-refractivity contribution in [2.75, 3.05) is 0 Å². The summed E-state index contributed by atoms with van der Waals surface area (Å²) >= 11 is 0. The molecule has 0 spiro atoms. The summed E-state index contributed by atoms with van der Waals surface area (Å²) < 4.78 is 6.88. The van der Waals surface area contributed by atoms with Gasteiger partial charge in [0.25, 0.3) is 8.32 Å². The van der Waals surface area contributed by atoms with E-state index in [0.717, 1.165) is 23.3 Å². The SMILES string of the molecule is CCc1c(O[Si](C(C)C)(C(C)C)C(C)C)ccc(C(=O)O)c1C(C)C. The van der Waals surface area contributed by atoms with Crippen LogP contribution in [-0.2, 0) is 6.42 Å². The average molecular weight is 365 g/mol. The molecule has 1 rings (SSSR count). The van der Waals surface area contributed by atoms with E-state index in [4.69, 9.17) is 4.43 Å². The first kappa shape index (κ1) is 21.7. The summed E-state index contributed by atoms with van der Waals surface area (Å²) in [4.78, 5) is 11.7. The van der Waals surface area contributed by atoms with Crippen LogP contribution in [0.4, 0.5) is 0 Å². The molecule has 0 fully saturated rings. The van der Waals surface area contributed by atoms with Gasteiger partial charge in [-0.1, -0.05) is 62.3 Å². The molecule has 0 unspecified atom stereocenters. The van der Waals surface area contributed by atoms with Gasteiger partial charge in [0.15, 0.2) is 0 Å². The van der Waals surface area contributed by atoms with Gasteiger partial charge in [0.05, 0.1) is 5.56 Å². The predicted molar refractivity (Wildman–Crippen MR) is 109 cm³/mol. The standard InChI is InChI=1S/C21H36O3Si/c1-10-17-19(12-11-18(21(22)23)20(17)13(2)3)24-25(14(4)5,15(6)7)16(8)9/h11-16H,10H2,1-9H3,(H,22,23). The van der Waals surface area contributed by atoms with Crippen molar-refractivity contribution >= 4 is 14.3 Å². The highest BCUT2D eigenvalue weighted by molar-refractivity contribution is 6.78. The van der Waals surface area contributed by atoms with Crippen LogP contribution in [0.25, 0.3) is 0 Å². The number of hydrogen-bond donors (Lipinski definition) is 1. The van der Waals surface area contributed by atoms with Gasteiger partial charge in [-0.15, -0.1) is 0 Å². The molecule has 0 radical (unpaired) electrons. The molecule has 0 aliphatic heterocycles. The maximum absolute atomic E-state index is 11.7. The smallest absolute Gasteiger partial charge is 0.335 e. The summed E-state index contributed by atoms with van der Waals surface area (Å²) in [7, 11) is -2.07. The van der Waals surface area contributed by atoms with E-state index >= 15 is 0 Å². The minimum absolute atomic E-state index is 0.151. The zero-order chi connectivity index (χ0) is 19.5. The van der Waals surface area contributed by atoms with Gasteiger partial charge in [-0.05, 0) is 52.2 Å². The van der Waals surface area contributed by atoms with Gasteiger partial charge in [0, 0.05) is 0 Å². The predicted octanol–water partition coefficient (Wildman–Crippen LogP) is 6.62. The fourth-order valence-corrected chi connectivity index (χ4v) is 9.77. The molecule has 25 heavy (non-hydrogen) atoms. The molecule has 1 aromatic rings. The van der Waals surface area contributed by atoms with Gasteiger partial charge in [-0.2, -0.15) is 0 Å². The van der Waals surface area contributed by atoms with Crippen molar-refractivity contribution in [1.29, 1.82) is 0 Å². The van der Waals surface area contributed by atoms with Crippen molar-refractivity contribution in [2.45, 2.75) is 91.3 Å². The first-order valence-corrected chi connectivity index (χ1v) is 11.7. The Bertz CT molecular complexity index is 582. The zero-order valence-corrected chi connectivity index (χ0v) is 18.4. The van der Waals surface area contributed by atoms with E-state index in [9.17, 15) is 9.90 Å². The Hall–Kier alpha value is -1.29. The van der Waals surface area contributed by atoms with Crippen LogP contribution in [0.2, 0.25) is 16.6 Å². The Balaban J connectivity index is 3.62. The quantitative estimate of drug-likeness (QED) is 0.527. The molecule has 0 aliphatic carbocycles. The van der Waals surface area contributed by atoms with Gasteiger partial charge < -0.3 is 9.53 Å². The van der Waals surface area contributed by atoms with Crippen LogP contribution in [0, 0.1) is 0 Å². The Kier molecular flexibility index (Phi) is 7.30. The van der Waals surface area contributed by atoms with Crippen LogP contribution in [0.15, 0.2) is 12.1 Å². The average Bonchev–Trinajstić information content (AvgIpc) is 2.49. The summed E-state index contributed by atoms with van der Waals surface area (Å²) in [6.45, 7) is 19.8. The zero-order valence-electron chi connectivity index (χ0n) is 17.4. The molecule has 0 bridgehead atoms. The highest BCUT2D eigenvalue weighted by atomic mass is 28.4. The minimum atomic E-state index is -2.07. The van der Waals surface area contributed by atoms with Crippen molar-refractivity contribution in [2.24, 2.45) is 0 Å². The lowest BCUT2D eigenvalue weighted by molar-refractivity contribution is 0.0695. The number of aromatic carboxylic acids is 1. The third-order valence-corrected chi connectivity index (χ3v) is 11.5. The second-order valence-electron chi connectivity index (χ2n) is 8.24. The number of hydrogen-bond acceptors (Lipinski definition) is 2. The van der Waals surface area contributed by atoms with Gasteiger partial charge in [-0.3, -0.25) is 0 Å². The number of carboxylic acid groups (broad SMARTS) is 1. The molecule has 1 aromatic carbocycles. The Morgan fingerprint density at radius 3 is 1.80 bits per heavy atom. The Labute approximate surface area is 154 Å². The number of carboxylic acids is 1. The van der Waals surface area contributed by atoms with E-state index in [2.05, 4.69) is 62.3 Å². The van der Waals surface area contributed by atoms with Gasteiger partial charge in [0.1, 0.15) is 5.75 Å². The maximum atomic E-state index is 11.7. The Morgan fingerprint density at radius 2 is 1.48 bits per heavy atom. The molecular formula is C21H36O3Si. The highest BCUT2D eigenvalue weighted by Gasteiger charge is 2.47. The largest absolute Gasteiger partial charge is 0.542 e. The van der Waals surface area contributed by atoms with E-state index in [1.807, 2.05) is 6.07 Å². The normalized spacial score (nSPS) is 12.5. The highest BCUT2D eigenvalue weighted by Crippen LogP contribution is 2.44. The van der Waals surface area contributed by atoms with Crippen molar-refractivity contribution in [3.63, 3.8) is 0 Å². The first-order valence-electron chi connectivity index (χ1n) is 9.58. The molecule has 0 saturated heterocycles. The second-order valence-corrected chi connectivity index (χ2v) is 13.6. The fourth-order valence-electron chi connectivity index (χ4n) is 4.49. The molecule has 0 aliphatic rings. The second kappa shape index (κ2) is 8.39. The fraction of sp³-hybridized carbons (Fsp3) is 0.667. The van der Waals surface area contributed by atoms with Crippen molar-refractivity contribution in [1.82, 2.24) is 0 Å². The maximum Gasteiger partial charge on any atom is 0.335 e. The summed E-state index contributed by atoms with van der Waals surface area (Å²) in [5, 5.41) is 9.59. The van der Waals surface area contributed by atoms with E-state index in [1.165, 1.54) is 0 Å². The lowest BCUT2D eigenvalue weighted by atomic mass is 9.90.